The van der Waals surface area contributed by atoms with E-state index in [4.69, 9.17) is 9.84 Å². The van der Waals surface area contributed by atoms with Crippen LogP contribution in [0.25, 0.3) is 0 Å². The molecule has 0 bridgehead atoms. The lowest BCUT2D eigenvalue weighted by molar-refractivity contribution is -0.141. The molecule has 2 rings (SSSR count). The second-order valence-corrected chi connectivity index (χ2v) is 4.53. The molecular formula is C13H15F2NO3. The molecule has 4 nitrogen and oxygen atoms in total. The van der Waals surface area contributed by atoms with E-state index in [-0.39, 0.29) is 17.4 Å². The Kier molecular flexibility index (Phi) is 3.99. The van der Waals surface area contributed by atoms with Crippen molar-refractivity contribution in [1.82, 2.24) is 5.32 Å². The Morgan fingerprint density at radius 3 is 2.79 bits per heavy atom. The molecule has 19 heavy (non-hydrogen) atoms. The zero-order valence-electron chi connectivity index (χ0n) is 10.4. The van der Waals surface area contributed by atoms with E-state index in [0.29, 0.717) is 18.5 Å². The number of halogens is 2. The monoisotopic (exact) mass is 271 g/mol. The summed E-state index contributed by atoms with van der Waals surface area (Å²) in [7, 11) is 1.34. The number of nitrogens with one attached hydrogen (secondary N) is 1. The fourth-order valence-corrected chi connectivity index (χ4v) is 2.32. The lowest BCUT2D eigenvalue weighted by Gasteiger charge is -2.14. The zero-order chi connectivity index (χ0) is 14.0. The first-order valence-electron chi connectivity index (χ1n) is 5.95. The van der Waals surface area contributed by atoms with Crippen molar-refractivity contribution >= 4 is 5.97 Å². The highest BCUT2D eigenvalue weighted by atomic mass is 19.3. The first-order chi connectivity index (χ1) is 9.02. The molecular weight excluding hydrogens is 256 g/mol. The number of hydrogen-bond donors (Lipinski definition) is 2. The van der Waals surface area contributed by atoms with Gasteiger partial charge in [0.25, 0.3) is 6.43 Å². The lowest BCUT2D eigenvalue weighted by Crippen LogP contribution is -2.17. The smallest absolute Gasteiger partial charge is 0.307 e. The standard InChI is InChI=1S/C13H15F2NO3/c1-19-11-3-2-7(4-9(11)12(14)15)10-5-8(6-16-10)13(17)18/h2-4,8,10,12,16H,5-6H2,1H3,(H,17,18). The predicted octanol–water partition coefficient (Wildman–Crippen LogP) is 2.37. The molecule has 1 fully saturated rings. The maximum atomic E-state index is 12.9. The first kappa shape index (κ1) is 13.7. The van der Waals surface area contributed by atoms with Gasteiger partial charge in [-0.2, -0.15) is 0 Å². The number of alkyl halides is 2. The summed E-state index contributed by atoms with van der Waals surface area (Å²) in [5.74, 6) is -1.19. The number of benzene rings is 1. The van der Waals surface area contributed by atoms with Crippen molar-refractivity contribution in [2.45, 2.75) is 18.9 Å². The topological polar surface area (TPSA) is 58.6 Å². The molecule has 2 unspecified atom stereocenters. The van der Waals surface area contributed by atoms with Crippen LogP contribution in [0.3, 0.4) is 0 Å². The molecule has 0 radical (unpaired) electrons. The van der Waals surface area contributed by atoms with Gasteiger partial charge in [-0.15, -0.1) is 0 Å². The highest BCUT2D eigenvalue weighted by Crippen LogP contribution is 2.34. The number of rotatable bonds is 4. The molecule has 0 saturated carbocycles. The van der Waals surface area contributed by atoms with Gasteiger partial charge in [0.05, 0.1) is 18.6 Å². The Hall–Kier alpha value is -1.69. The number of carboxylic acids is 1. The summed E-state index contributed by atoms with van der Waals surface area (Å²) in [4.78, 5) is 10.9. The van der Waals surface area contributed by atoms with E-state index in [1.165, 1.54) is 19.2 Å². The van der Waals surface area contributed by atoms with E-state index < -0.39 is 18.3 Å². The maximum Gasteiger partial charge on any atom is 0.307 e. The van der Waals surface area contributed by atoms with Crippen molar-refractivity contribution in [2.24, 2.45) is 5.92 Å². The number of carbonyl (C=O) groups is 1. The Balaban J connectivity index is 2.22. The number of hydrogen-bond acceptors (Lipinski definition) is 3. The van der Waals surface area contributed by atoms with Crippen LogP contribution in [0.5, 0.6) is 5.75 Å². The molecule has 0 aromatic heterocycles. The van der Waals surface area contributed by atoms with Crippen LogP contribution in [-0.4, -0.2) is 24.7 Å². The van der Waals surface area contributed by atoms with Crippen LogP contribution in [0, 0.1) is 5.92 Å². The van der Waals surface area contributed by atoms with Gasteiger partial charge in [-0.1, -0.05) is 6.07 Å². The summed E-state index contributed by atoms with van der Waals surface area (Å²) in [6.07, 6.45) is -2.21. The molecule has 1 aromatic rings. The van der Waals surface area contributed by atoms with Gasteiger partial charge in [0.1, 0.15) is 5.75 Å². The second-order valence-electron chi connectivity index (χ2n) is 4.53. The molecule has 6 heteroatoms. The molecule has 2 atom stereocenters. The van der Waals surface area contributed by atoms with Crippen LogP contribution in [0.1, 0.15) is 30.0 Å². The molecule has 1 saturated heterocycles. The lowest BCUT2D eigenvalue weighted by atomic mass is 9.98. The van der Waals surface area contributed by atoms with Crippen molar-refractivity contribution in [1.29, 1.82) is 0 Å². The van der Waals surface area contributed by atoms with Crippen molar-refractivity contribution in [3.8, 4) is 5.75 Å². The van der Waals surface area contributed by atoms with Crippen molar-refractivity contribution in [2.75, 3.05) is 13.7 Å². The molecule has 0 aliphatic carbocycles. The number of ether oxygens (including phenoxy) is 1. The fourth-order valence-electron chi connectivity index (χ4n) is 2.32. The van der Waals surface area contributed by atoms with Gasteiger partial charge in [0, 0.05) is 12.6 Å². The van der Waals surface area contributed by atoms with E-state index in [2.05, 4.69) is 5.32 Å². The summed E-state index contributed by atoms with van der Waals surface area (Å²) < 4.78 is 30.7. The van der Waals surface area contributed by atoms with Gasteiger partial charge in [0.15, 0.2) is 0 Å². The number of methoxy groups -OCH3 is 1. The highest BCUT2D eigenvalue weighted by Gasteiger charge is 2.30. The van der Waals surface area contributed by atoms with Gasteiger partial charge in [-0.25, -0.2) is 8.78 Å². The molecule has 0 amide bonds. The van der Waals surface area contributed by atoms with Gasteiger partial charge in [-0.3, -0.25) is 4.79 Å². The van der Waals surface area contributed by atoms with Gasteiger partial charge in [0.2, 0.25) is 0 Å². The van der Waals surface area contributed by atoms with Crippen LogP contribution in [-0.2, 0) is 4.79 Å². The Morgan fingerprint density at radius 2 is 2.26 bits per heavy atom. The summed E-state index contributed by atoms with van der Waals surface area (Å²) in [6.45, 7) is 0.357. The maximum absolute atomic E-state index is 12.9. The van der Waals surface area contributed by atoms with Crippen LogP contribution >= 0.6 is 0 Å². The third-order valence-corrected chi connectivity index (χ3v) is 3.37. The highest BCUT2D eigenvalue weighted by molar-refractivity contribution is 5.70. The molecule has 1 heterocycles. The average Bonchev–Trinajstić information content (AvgIpc) is 2.87. The molecule has 104 valence electrons. The minimum absolute atomic E-state index is 0.145. The van der Waals surface area contributed by atoms with E-state index in [9.17, 15) is 13.6 Å². The van der Waals surface area contributed by atoms with Gasteiger partial charge < -0.3 is 15.2 Å². The quantitative estimate of drug-likeness (QED) is 0.882. The van der Waals surface area contributed by atoms with E-state index >= 15 is 0 Å². The van der Waals surface area contributed by atoms with E-state index in [1.807, 2.05) is 0 Å². The molecule has 1 aliphatic rings. The van der Waals surface area contributed by atoms with Crippen LogP contribution in [0.15, 0.2) is 18.2 Å². The minimum Gasteiger partial charge on any atom is -0.496 e. The normalized spacial score (nSPS) is 22.7. The summed E-state index contributed by atoms with van der Waals surface area (Å²) in [5.41, 5.74) is 0.500. The first-order valence-corrected chi connectivity index (χ1v) is 5.95. The van der Waals surface area contributed by atoms with Crippen LogP contribution in [0.4, 0.5) is 8.78 Å². The molecule has 1 aliphatic heterocycles. The van der Waals surface area contributed by atoms with Crippen LogP contribution in [0.2, 0.25) is 0 Å². The Bertz CT molecular complexity index is 479. The van der Waals surface area contributed by atoms with Crippen molar-refractivity contribution in [3.05, 3.63) is 29.3 Å². The molecule has 2 N–H and O–H groups in total. The summed E-state index contributed by atoms with van der Waals surface area (Å²) in [6, 6.07) is 4.36. The van der Waals surface area contributed by atoms with Crippen molar-refractivity contribution < 1.29 is 23.4 Å². The molecule has 0 spiro atoms. The Morgan fingerprint density at radius 1 is 1.53 bits per heavy atom. The van der Waals surface area contributed by atoms with Crippen molar-refractivity contribution in [3.63, 3.8) is 0 Å². The predicted molar refractivity (Wildman–Crippen MR) is 64.4 cm³/mol. The third kappa shape index (κ3) is 2.84. The molecule has 1 aromatic carbocycles. The Labute approximate surface area is 109 Å². The third-order valence-electron chi connectivity index (χ3n) is 3.37. The average molecular weight is 271 g/mol. The number of aliphatic carboxylic acids is 1. The van der Waals surface area contributed by atoms with E-state index in [1.54, 1.807) is 6.07 Å². The van der Waals surface area contributed by atoms with Gasteiger partial charge >= 0.3 is 5.97 Å². The van der Waals surface area contributed by atoms with E-state index in [0.717, 1.165) is 0 Å². The zero-order valence-corrected chi connectivity index (χ0v) is 10.4. The summed E-state index contributed by atoms with van der Waals surface area (Å²) >= 11 is 0. The fraction of sp³-hybridized carbons (Fsp3) is 0.462. The number of carboxylic acid groups (broad SMARTS) is 1. The largest absolute Gasteiger partial charge is 0.496 e. The summed E-state index contributed by atoms with van der Waals surface area (Å²) in [5, 5.41) is 12.0. The van der Waals surface area contributed by atoms with Gasteiger partial charge in [-0.05, 0) is 24.1 Å². The minimum atomic E-state index is -2.62. The van der Waals surface area contributed by atoms with Crippen LogP contribution < -0.4 is 10.1 Å². The SMILES string of the molecule is COc1ccc(C2CC(C(=O)O)CN2)cc1C(F)F. The second kappa shape index (κ2) is 5.52.